The molecule has 2 unspecified atom stereocenters. The second-order valence-corrected chi connectivity index (χ2v) is 4.39. The van der Waals surface area contributed by atoms with E-state index < -0.39 is 6.10 Å². The predicted molar refractivity (Wildman–Crippen MR) is 65.8 cm³/mol. The van der Waals surface area contributed by atoms with Crippen LogP contribution in [-0.4, -0.2) is 38.7 Å². The highest BCUT2D eigenvalue weighted by molar-refractivity contribution is 4.91. The SMILES string of the molecule is CCOC(CC)C(O)Cc1ncnn1C(C)C. The van der Waals surface area contributed by atoms with Gasteiger partial charge in [-0.05, 0) is 27.2 Å². The van der Waals surface area contributed by atoms with E-state index in [4.69, 9.17) is 4.74 Å². The summed E-state index contributed by atoms with van der Waals surface area (Å²) in [6, 6.07) is 0.256. The highest BCUT2D eigenvalue weighted by Crippen LogP contribution is 2.12. The average Bonchev–Trinajstić information content (AvgIpc) is 2.73. The summed E-state index contributed by atoms with van der Waals surface area (Å²) in [6.45, 7) is 8.66. The van der Waals surface area contributed by atoms with Crippen LogP contribution in [0.1, 0.15) is 46.0 Å². The summed E-state index contributed by atoms with van der Waals surface area (Å²) in [5, 5.41) is 14.3. The van der Waals surface area contributed by atoms with E-state index in [1.807, 2.05) is 32.4 Å². The van der Waals surface area contributed by atoms with Crippen LogP contribution in [0.15, 0.2) is 6.33 Å². The van der Waals surface area contributed by atoms with Gasteiger partial charge in [0.05, 0.1) is 12.2 Å². The Morgan fingerprint density at radius 3 is 2.65 bits per heavy atom. The summed E-state index contributed by atoms with van der Waals surface area (Å²) < 4.78 is 7.33. The maximum absolute atomic E-state index is 10.1. The van der Waals surface area contributed by atoms with Crippen LogP contribution in [0.3, 0.4) is 0 Å². The molecule has 1 heterocycles. The zero-order valence-electron chi connectivity index (χ0n) is 11.1. The Bertz CT molecular complexity index is 325. The lowest BCUT2D eigenvalue weighted by Gasteiger charge is -2.21. The fourth-order valence-electron chi connectivity index (χ4n) is 1.89. The van der Waals surface area contributed by atoms with Gasteiger partial charge >= 0.3 is 0 Å². The van der Waals surface area contributed by atoms with E-state index in [0.29, 0.717) is 13.0 Å². The molecule has 5 heteroatoms. The first-order valence-corrected chi connectivity index (χ1v) is 6.28. The number of hydrogen-bond donors (Lipinski definition) is 1. The average molecular weight is 241 g/mol. The Labute approximate surface area is 103 Å². The highest BCUT2D eigenvalue weighted by atomic mass is 16.5. The predicted octanol–water partition coefficient (Wildman–Crippen LogP) is 1.58. The maximum Gasteiger partial charge on any atom is 0.138 e. The summed E-state index contributed by atoms with van der Waals surface area (Å²) >= 11 is 0. The van der Waals surface area contributed by atoms with Crippen molar-refractivity contribution in [2.75, 3.05) is 6.61 Å². The smallest absolute Gasteiger partial charge is 0.138 e. The van der Waals surface area contributed by atoms with Gasteiger partial charge in [0.2, 0.25) is 0 Å². The number of aromatic nitrogens is 3. The van der Waals surface area contributed by atoms with Crippen molar-refractivity contribution in [3.8, 4) is 0 Å². The third kappa shape index (κ3) is 3.78. The molecule has 0 fully saturated rings. The van der Waals surface area contributed by atoms with Crippen LogP contribution < -0.4 is 0 Å². The van der Waals surface area contributed by atoms with Crippen molar-refractivity contribution < 1.29 is 9.84 Å². The molecule has 0 bridgehead atoms. The molecule has 0 aliphatic rings. The van der Waals surface area contributed by atoms with Gasteiger partial charge in [-0.25, -0.2) is 9.67 Å². The van der Waals surface area contributed by atoms with Crippen molar-refractivity contribution >= 4 is 0 Å². The third-order valence-electron chi connectivity index (χ3n) is 2.74. The van der Waals surface area contributed by atoms with E-state index in [-0.39, 0.29) is 12.1 Å². The van der Waals surface area contributed by atoms with Crippen LogP contribution in [-0.2, 0) is 11.2 Å². The molecule has 2 atom stereocenters. The van der Waals surface area contributed by atoms with Gasteiger partial charge < -0.3 is 9.84 Å². The number of nitrogens with zero attached hydrogens (tertiary/aromatic N) is 3. The van der Waals surface area contributed by atoms with Gasteiger partial charge in [-0.2, -0.15) is 5.10 Å². The minimum absolute atomic E-state index is 0.127. The zero-order chi connectivity index (χ0) is 12.8. The van der Waals surface area contributed by atoms with E-state index in [9.17, 15) is 5.11 Å². The maximum atomic E-state index is 10.1. The lowest BCUT2D eigenvalue weighted by atomic mass is 10.1. The molecule has 5 nitrogen and oxygen atoms in total. The minimum Gasteiger partial charge on any atom is -0.390 e. The normalized spacial score (nSPS) is 15.2. The summed E-state index contributed by atoms with van der Waals surface area (Å²) in [5.74, 6) is 0.811. The standard InChI is InChI=1S/C12H23N3O2/c1-5-11(17-6-2)10(16)7-12-13-8-14-15(12)9(3)4/h8-11,16H,5-7H2,1-4H3. The van der Waals surface area contributed by atoms with Crippen LogP contribution in [0.25, 0.3) is 0 Å². The Balaban J connectivity index is 2.66. The Hall–Kier alpha value is -0.940. The molecule has 0 amide bonds. The first-order chi connectivity index (χ1) is 8.10. The van der Waals surface area contributed by atoms with E-state index in [0.717, 1.165) is 12.2 Å². The molecule has 0 aromatic carbocycles. The fraction of sp³-hybridized carbons (Fsp3) is 0.833. The van der Waals surface area contributed by atoms with Crippen molar-refractivity contribution in [1.82, 2.24) is 14.8 Å². The van der Waals surface area contributed by atoms with Crippen LogP contribution >= 0.6 is 0 Å². The van der Waals surface area contributed by atoms with Crippen LogP contribution in [0, 0.1) is 0 Å². The third-order valence-corrected chi connectivity index (χ3v) is 2.74. The number of ether oxygens (including phenoxy) is 1. The fourth-order valence-corrected chi connectivity index (χ4v) is 1.89. The van der Waals surface area contributed by atoms with Gasteiger partial charge in [0.15, 0.2) is 0 Å². The van der Waals surface area contributed by atoms with Gasteiger partial charge in [0.25, 0.3) is 0 Å². The van der Waals surface area contributed by atoms with Gasteiger partial charge in [-0.15, -0.1) is 0 Å². The van der Waals surface area contributed by atoms with E-state index in [2.05, 4.69) is 10.1 Å². The van der Waals surface area contributed by atoms with Gasteiger partial charge in [-0.3, -0.25) is 0 Å². The summed E-state index contributed by atoms with van der Waals surface area (Å²) in [7, 11) is 0. The molecule has 0 aliphatic heterocycles. The van der Waals surface area contributed by atoms with Gasteiger partial charge in [0, 0.05) is 19.1 Å². The highest BCUT2D eigenvalue weighted by Gasteiger charge is 2.21. The molecule has 0 saturated heterocycles. The molecule has 0 aliphatic carbocycles. The first kappa shape index (κ1) is 14.1. The number of hydrogen-bond acceptors (Lipinski definition) is 4. The number of aliphatic hydroxyl groups is 1. The number of rotatable bonds is 7. The molecule has 1 aromatic heterocycles. The van der Waals surface area contributed by atoms with Crippen molar-refractivity contribution in [1.29, 1.82) is 0 Å². The summed E-state index contributed by atoms with van der Waals surface area (Å²) in [6.07, 6.45) is 2.16. The Morgan fingerprint density at radius 2 is 2.12 bits per heavy atom. The molecule has 0 radical (unpaired) electrons. The van der Waals surface area contributed by atoms with Crippen LogP contribution in [0.4, 0.5) is 0 Å². The van der Waals surface area contributed by atoms with Gasteiger partial charge in [0.1, 0.15) is 12.2 Å². The molecule has 1 aromatic rings. The van der Waals surface area contributed by atoms with E-state index in [1.54, 1.807) is 0 Å². The first-order valence-electron chi connectivity index (χ1n) is 6.28. The Kier molecular flexibility index (Phi) is 5.58. The molecular weight excluding hydrogens is 218 g/mol. The monoisotopic (exact) mass is 241 g/mol. The van der Waals surface area contributed by atoms with Crippen molar-refractivity contribution in [2.24, 2.45) is 0 Å². The van der Waals surface area contributed by atoms with Crippen molar-refractivity contribution in [2.45, 2.75) is 58.8 Å². The molecule has 0 saturated carbocycles. The molecular formula is C12H23N3O2. The molecule has 17 heavy (non-hydrogen) atoms. The second-order valence-electron chi connectivity index (χ2n) is 4.39. The quantitative estimate of drug-likeness (QED) is 0.787. The lowest BCUT2D eigenvalue weighted by Crippen LogP contribution is -2.31. The minimum atomic E-state index is -0.526. The molecule has 1 rings (SSSR count). The van der Waals surface area contributed by atoms with Crippen LogP contribution in [0.2, 0.25) is 0 Å². The van der Waals surface area contributed by atoms with Gasteiger partial charge in [-0.1, -0.05) is 6.92 Å². The number of aliphatic hydroxyl groups excluding tert-OH is 1. The zero-order valence-corrected chi connectivity index (χ0v) is 11.1. The molecule has 0 spiro atoms. The largest absolute Gasteiger partial charge is 0.390 e. The van der Waals surface area contributed by atoms with Crippen molar-refractivity contribution in [3.05, 3.63) is 12.2 Å². The molecule has 98 valence electrons. The molecule has 1 N–H and O–H groups in total. The summed E-state index contributed by atoms with van der Waals surface area (Å²) in [4.78, 5) is 4.19. The van der Waals surface area contributed by atoms with E-state index in [1.165, 1.54) is 6.33 Å². The second kappa shape index (κ2) is 6.71. The lowest BCUT2D eigenvalue weighted by molar-refractivity contribution is -0.0346. The summed E-state index contributed by atoms with van der Waals surface area (Å²) in [5.41, 5.74) is 0. The van der Waals surface area contributed by atoms with Crippen molar-refractivity contribution in [3.63, 3.8) is 0 Å². The topological polar surface area (TPSA) is 60.2 Å². The van der Waals surface area contributed by atoms with Crippen LogP contribution in [0.5, 0.6) is 0 Å². The Morgan fingerprint density at radius 1 is 1.41 bits per heavy atom. The van der Waals surface area contributed by atoms with E-state index >= 15 is 0 Å².